The molecule has 3 aromatic heterocycles. The molecule has 11 heteroatoms. The molecule has 172 valence electrons. The molecule has 3 heterocycles. The van der Waals surface area contributed by atoms with Crippen LogP contribution >= 0.6 is 11.3 Å². The predicted octanol–water partition coefficient (Wildman–Crippen LogP) is 3.13. The van der Waals surface area contributed by atoms with Crippen LogP contribution in [0.1, 0.15) is 39.3 Å². The van der Waals surface area contributed by atoms with E-state index in [1.165, 1.54) is 21.8 Å². The van der Waals surface area contributed by atoms with Gasteiger partial charge in [0.15, 0.2) is 0 Å². The minimum atomic E-state index is -0.922. The molecule has 0 aliphatic rings. The first kappa shape index (κ1) is 22.9. The second-order valence-corrected chi connectivity index (χ2v) is 8.77. The highest BCUT2D eigenvalue weighted by Crippen LogP contribution is 2.28. The standard InChI is InChI=1S/C23H21N7O3S/c1-12-7-5-6-8-16(12)27-21(32)18-13(2)17-22(34-18)25-11-30(23(17)33)14(3)20(31)28-19-15(9-24)10-26-29(19)4/h5-8,10-11,14H,1-4H3,(H,27,32)(H,28,31). The number of amides is 2. The van der Waals surface area contributed by atoms with Gasteiger partial charge in [-0.15, -0.1) is 11.3 Å². The number of nitriles is 1. The number of carbonyl (C=O) groups is 2. The Kier molecular flexibility index (Phi) is 6.00. The van der Waals surface area contributed by atoms with Crippen molar-refractivity contribution in [3.63, 3.8) is 0 Å². The third-order valence-electron chi connectivity index (χ3n) is 5.57. The molecule has 34 heavy (non-hydrogen) atoms. The highest BCUT2D eigenvalue weighted by Gasteiger charge is 2.24. The van der Waals surface area contributed by atoms with Gasteiger partial charge in [0.2, 0.25) is 5.91 Å². The summed E-state index contributed by atoms with van der Waals surface area (Å²) in [7, 11) is 1.60. The molecule has 10 nitrogen and oxygen atoms in total. The molecule has 4 aromatic rings. The number of benzene rings is 1. The van der Waals surface area contributed by atoms with E-state index in [1.54, 1.807) is 27.0 Å². The largest absolute Gasteiger partial charge is 0.321 e. The summed E-state index contributed by atoms with van der Waals surface area (Å²) >= 11 is 1.13. The number of para-hydroxylation sites is 1. The topological polar surface area (TPSA) is 135 Å². The van der Waals surface area contributed by atoms with Gasteiger partial charge in [0, 0.05) is 12.7 Å². The van der Waals surface area contributed by atoms with Gasteiger partial charge < -0.3 is 10.6 Å². The summed E-state index contributed by atoms with van der Waals surface area (Å²) in [5.41, 5.74) is 1.89. The van der Waals surface area contributed by atoms with E-state index in [0.717, 1.165) is 16.9 Å². The van der Waals surface area contributed by atoms with Gasteiger partial charge in [-0.25, -0.2) is 4.98 Å². The third-order valence-corrected chi connectivity index (χ3v) is 6.77. The number of nitrogens with one attached hydrogen (secondary N) is 2. The van der Waals surface area contributed by atoms with Crippen LogP contribution in [-0.4, -0.2) is 31.1 Å². The Balaban J connectivity index is 1.65. The Labute approximate surface area is 198 Å². The highest BCUT2D eigenvalue weighted by molar-refractivity contribution is 7.20. The average Bonchev–Trinajstić information content (AvgIpc) is 3.34. The lowest BCUT2D eigenvalue weighted by Crippen LogP contribution is -2.32. The molecule has 0 fully saturated rings. The summed E-state index contributed by atoms with van der Waals surface area (Å²) < 4.78 is 2.58. The number of carbonyl (C=O) groups excluding carboxylic acids is 2. The molecular weight excluding hydrogens is 454 g/mol. The van der Waals surface area contributed by atoms with E-state index in [1.807, 2.05) is 31.2 Å². The van der Waals surface area contributed by atoms with Crippen molar-refractivity contribution in [2.24, 2.45) is 7.05 Å². The van der Waals surface area contributed by atoms with Crippen LogP contribution in [0.4, 0.5) is 11.5 Å². The molecule has 2 amide bonds. The number of thiophene rings is 1. The molecule has 0 saturated carbocycles. The van der Waals surface area contributed by atoms with Gasteiger partial charge in [0.25, 0.3) is 11.5 Å². The highest BCUT2D eigenvalue weighted by atomic mass is 32.1. The van der Waals surface area contributed by atoms with Gasteiger partial charge in [-0.1, -0.05) is 18.2 Å². The third kappa shape index (κ3) is 3.95. The Bertz CT molecular complexity index is 1540. The molecule has 0 aliphatic carbocycles. The molecule has 0 spiro atoms. The first-order valence-electron chi connectivity index (χ1n) is 10.3. The van der Waals surface area contributed by atoms with Gasteiger partial charge in [0.05, 0.1) is 22.8 Å². The van der Waals surface area contributed by atoms with Crippen molar-refractivity contribution in [3.05, 3.63) is 68.7 Å². The molecule has 1 aromatic carbocycles. The fraction of sp³-hybridized carbons (Fsp3) is 0.217. The number of aryl methyl sites for hydroxylation is 3. The number of aromatic nitrogens is 4. The van der Waals surface area contributed by atoms with E-state index in [2.05, 4.69) is 20.7 Å². The minimum Gasteiger partial charge on any atom is -0.321 e. The van der Waals surface area contributed by atoms with E-state index in [0.29, 0.717) is 26.3 Å². The molecule has 4 rings (SSSR count). The van der Waals surface area contributed by atoms with Crippen LogP contribution < -0.4 is 16.2 Å². The quantitative estimate of drug-likeness (QED) is 0.455. The first-order chi connectivity index (χ1) is 16.2. The van der Waals surface area contributed by atoms with Crippen molar-refractivity contribution in [2.45, 2.75) is 26.8 Å². The summed E-state index contributed by atoms with van der Waals surface area (Å²) in [5, 5.41) is 19.0. The van der Waals surface area contributed by atoms with Crippen molar-refractivity contribution in [3.8, 4) is 6.07 Å². The van der Waals surface area contributed by atoms with Crippen LogP contribution in [0.15, 0.2) is 41.6 Å². The number of hydrogen-bond donors (Lipinski definition) is 2. The zero-order valence-corrected chi connectivity index (χ0v) is 19.7. The molecular formula is C23H21N7O3S. The Hall–Kier alpha value is -4.30. The van der Waals surface area contributed by atoms with Crippen LogP contribution in [-0.2, 0) is 11.8 Å². The molecule has 0 radical (unpaired) electrons. The molecule has 0 saturated heterocycles. The maximum Gasteiger partial charge on any atom is 0.266 e. The molecule has 1 unspecified atom stereocenters. The monoisotopic (exact) mass is 475 g/mol. The lowest BCUT2D eigenvalue weighted by atomic mass is 10.1. The molecule has 0 aliphatic heterocycles. The molecule has 1 atom stereocenters. The number of hydrogen-bond acceptors (Lipinski definition) is 7. The minimum absolute atomic E-state index is 0.210. The lowest BCUT2D eigenvalue weighted by molar-refractivity contribution is -0.118. The second kappa shape index (κ2) is 8.92. The summed E-state index contributed by atoms with van der Waals surface area (Å²) in [4.78, 5) is 44.2. The maximum absolute atomic E-state index is 13.3. The first-order valence-corrected chi connectivity index (χ1v) is 11.1. The second-order valence-electron chi connectivity index (χ2n) is 7.77. The Morgan fingerprint density at radius 1 is 1.21 bits per heavy atom. The van der Waals surface area contributed by atoms with Gasteiger partial charge >= 0.3 is 0 Å². The van der Waals surface area contributed by atoms with Crippen molar-refractivity contribution in [1.29, 1.82) is 5.26 Å². The Morgan fingerprint density at radius 2 is 1.94 bits per heavy atom. The molecule has 0 bridgehead atoms. The summed E-state index contributed by atoms with van der Waals surface area (Å²) in [6, 6.07) is 8.46. The van der Waals surface area contributed by atoms with Gasteiger partial charge in [-0.2, -0.15) is 10.4 Å². The number of fused-ring (bicyclic) bond motifs is 1. The van der Waals surface area contributed by atoms with Gasteiger partial charge in [0.1, 0.15) is 28.3 Å². The fourth-order valence-electron chi connectivity index (χ4n) is 3.54. The van der Waals surface area contributed by atoms with E-state index in [-0.39, 0.29) is 17.3 Å². The SMILES string of the molecule is Cc1ccccc1NC(=O)c1sc2ncn(C(C)C(=O)Nc3c(C#N)cnn3C)c(=O)c2c1C. The summed E-state index contributed by atoms with van der Waals surface area (Å²) in [6.45, 7) is 5.14. The van der Waals surface area contributed by atoms with Crippen LogP contribution in [0, 0.1) is 25.2 Å². The predicted molar refractivity (Wildman–Crippen MR) is 129 cm³/mol. The molecule has 2 N–H and O–H groups in total. The van der Waals surface area contributed by atoms with E-state index >= 15 is 0 Å². The van der Waals surface area contributed by atoms with Crippen LogP contribution in [0.5, 0.6) is 0 Å². The lowest BCUT2D eigenvalue weighted by Gasteiger charge is -2.15. The normalized spacial score (nSPS) is 11.7. The summed E-state index contributed by atoms with van der Waals surface area (Å²) in [5.74, 6) is -0.594. The van der Waals surface area contributed by atoms with Crippen LogP contribution in [0.25, 0.3) is 10.2 Å². The average molecular weight is 476 g/mol. The number of nitrogens with zero attached hydrogens (tertiary/aromatic N) is 5. The number of rotatable bonds is 5. The smallest absolute Gasteiger partial charge is 0.266 e. The fourth-order valence-corrected chi connectivity index (χ4v) is 4.57. The van der Waals surface area contributed by atoms with Crippen LogP contribution in [0.2, 0.25) is 0 Å². The zero-order chi connectivity index (χ0) is 24.6. The van der Waals surface area contributed by atoms with Crippen molar-refractivity contribution in [2.75, 3.05) is 10.6 Å². The maximum atomic E-state index is 13.3. The number of anilines is 2. The Morgan fingerprint density at radius 3 is 2.65 bits per heavy atom. The van der Waals surface area contributed by atoms with Crippen LogP contribution in [0.3, 0.4) is 0 Å². The van der Waals surface area contributed by atoms with Gasteiger partial charge in [-0.05, 0) is 38.0 Å². The van der Waals surface area contributed by atoms with Gasteiger partial charge in [-0.3, -0.25) is 23.6 Å². The summed E-state index contributed by atoms with van der Waals surface area (Å²) in [6.07, 6.45) is 2.64. The van der Waals surface area contributed by atoms with E-state index < -0.39 is 17.5 Å². The van der Waals surface area contributed by atoms with E-state index in [9.17, 15) is 19.6 Å². The van der Waals surface area contributed by atoms with E-state index in [4.69, 9.17) is 0 Å². The zero-order valence-electron chi connectivity index (χ0n) is 18.9. The van der Waals surface area contributed by atoms with Crippen molar-refractivity contribution in [1.82, 2.24) is 19.3 Å². The van der Waals surface area contributed by atoms with Crippen molar-refractivity contribution >= 4 is 44.9 Å². The van der Waals surface area contributed by atoms with Crippen molar-refractivity contribution < 1.29 is 9.59 Å².